The third kappa shape index (κ3) is 3.67. The summed E-state index contributed by atoms with van der Waals surface area (Å²) >= 11 is 0. The van der Waals surface area contributed by atoms with E-state index in [4.69, 9.17) is 10.4 Å². The number of urea groups is 1. The molecule has 4 heterocycles. The smallest absolute Gasteiger partial charge is 0.322 e. The van der Waals surface area contributed by atoms with Gasteiger partial charge in [-0.1, -0.05) is 0 Å². The molecule has 10 nitrogen and oxygen atoms in total. The number of carbonyl (C=O) groups excluding carboxylic acids is 2. The molecule has 5 rings (SSSR count). The fourth-order valence-electron chi connectivity index (χ4n) is 4.67. The highest BCUT2D eigenvalue weighted by molar-refractivity contribution is 5.95. The van der Waals surface area contributed by atoms with E-state index in [-0.39, 0.29) is 30.0 Å². The summed E-state index contributed by atoms with van der Waals surface area (Å²) in [5, 5.41) is 23.6. The minimum atomic E-state index is -0.643. The highest BCUT2D eigenvalue weighted by Gasteiger charge is 2.37. The number of anilines is 1. The molecule has 3 aromatic rings. The molecule has 0 spiro atoms. The van der Waals surface area contributed by atoms with E-state index in [1.165, 1.54) is 12.1 Å². The van der Waals surface area contributed by atoms with Gasteiger partial charge in [0, 0.05) is 55.1 Å². The number of fused-ring (bicyclic) bond motifs is 3. The lowest BCUT2D eigenvalue weighted by molar-refractivity contribution is 0.0787. The number of hydrogen-bond donors (Lipinski definition) is 2. The topological polar surface area (TPSA) is 123 Å². The van der Waals surface area contributed by atoms with Gasteiger partial charge in [0.1, 0.15) is 17.6 Å². The minimum Gasteiger partial charge on any atom is -0.340 e. The van der Waals surface area contributed by atoms with Crippen molar-refractivity contribution < 1.29 is 14.0 Å². The largest absolute Gasteiger partial charge is 0.340 e. The van der Waals surface area contributed by atoms with Crippen molar-refractivity contribution in [3.8, 4) is 6.07 Å². The Kier molecular flexibility index (Phi) is 5.28. The van der Waals surface area contributed by atoms with E-state index in [2.05, 4.69) is 15.5 Å². The zero-order valence-corrected chi connectivity index (χ0v) is 18.7. The van der Waals surface area contributed by atoms with Gasteiger partial charge in [0.2, 0.25) is 0 Å². The predicted octanol–water partition coefficient (Wildman–Crippen LogP) is 2.47. The second-order valence-electron chi connectivity index (χ2n) is 8.77. The van der Waals surface area contributed by atoms with Crippen molar-refractivity contribution in [1.82, 2.24) is 29.8 Å². The first-order valence-corrected chi connectivity index (χ1v) is 11.0. The molecule has 2 aliphatic heterocycles. The van der Waals surface area contributed by atoms with E-state index in [0.29, 0.717) is 30.9 Å². The van der Waals surface area contributed by atoms with Crippen LogP contribution in [-0.2, 0) is 19.5 Å². The summed E-state index contributed by atoms with van der Waals surface area (Å²) in [7, 11) is 1.76. The van der Waals surface area contributed by atoms with Gasteiger partial charge in [-0.3, -0.25) is 14.6 Å². The maximum Gasteiger partial charge on any atom is 0.322 e. The number of nitrogens with zero attached hydrogens (tertiary/aromatic N) is 6. The zero-order valence-electron chi connectivity index (χ0n) is 18.7. The van der Waals surface area contributed by atoms with Crippen LogP contribution in [0.2, 0.25) is 0 Å². The summed E-state index contributed by atoms with van der Waals surface area (Å²) in [4.78, 5) is 29.7. The fraction of sp³-hybridized carbons (Fsp3) is 0.348. The number of likely N-dealkylation sites (N-methyl/N-ethyl adjacent to an activating group) is 1. The maximum atomic E-state index is 13.6. The van der Waals surface area contributed by atoms with Crippen LogP contribution in [0.3, 0.4) is 0 Å². The van der Waals surface area contributed by atoms with Gasteiger partial charge in [-0.05, 0) is 31.2 Å². The van der Waals surface area contributed by atoms with Gasteiger partial charge in [-0.25, -0.2) is 9.18 Å². The zero-order chi connectivity index (χ0) is 24.0. The number of hydrogen-bond acceptors (Lipinski definition) is 5. The molecule has 2 atom stereocenters. The first-order valence-electron chi connectivity index (χ1n) is 11.0. The molecule has 3 amide bonds. The molecule has 2 aliphatic rings. The van der Waals surface area contributed by atoms with E-state index in [1.807, 2.05) is 13.0 Å². The third-order valence-corrected chi connectivity index (χ3v) is 6.48. The summed E-state index contributed by atoms with van der Waals surface area (Å²) < 4.78 is 15.4. The number of nitrogens with one attached hydrogen (secondary N) is 2. The van der Waals surface area contributed by atoms with Crippen molar-refractivity contribution >= 4 is 17.6 Å². The molecule has 0 fully saturated rings. The predicted molar refractivity (Wildman–Crippen MR) is 119 cm³/mol. The molecule has 0 unspecified atom stereocenters. The number of H-pyrrole nitrogens is 1. The highest BCUT2D eigenvalue weighted by atomic mass is 19.1. The van der Waals surface area contributed by atoms with Gasteiger partial charge in [-0.2, -0.15) is 15.5 Å². The number of benzene rings is 1. The van der Waals surface area contributed by atoms with E-state index in [9.17, 15) is 14.0 Å². The van der Waals surface area contributed by atoms with Crippen LogP contribution in [0.25, 0.3) is 0 Å². The van der Waals surface area contributed by atoms with Crippen LogP contribution < -0.4 is 5.32 Å². The van der Waals surface area contributed by atoms with Gasteiger partial charge in [0.05, 0.1) is 24.3 Å². The number of aromatic amines is 1. The van der Waals surface area contributed by atoms with Gasteiger partial charge in [0.25, 0.3) is 5.91 Å². The van der Waals surface area contributed by atoms with Gasteiger partial charge >= 0.3 is 6.03 Å². The van der Waals surface area contributed by atoms with E-state index in [0.717, 1.165) is 23.0 Å². The molecule has 0 saturated heterocycles. The summed E-state index contributed by atoms with van der Waals surface area (Å²) in [6.45, 7) is 3.18. The number of aromatic nitrogens is 4. The van der Waals surface area contributed by atoms with Crippen molar-refractivity contribution in [2.45, 2.75) is 38.4 Å². The lowest BCUT2D eigenvalue weighted by Crippen LogP contribution is -2.45. The summed E-state index contributed by atoms with van der Waals surface area (Å²) in [5.41, 5.74) is 3.17. The molecule has 0 radical (unpaired) electrons. The molecule has 34 heavy (non-hydrogen) atoms. The molecule has 2 N–H and O–H groups in total. The van der Waals surface area contributed by atoms with Gasteiger partial charge < -0.3 is 15.1 Å². The number of nitriles is 1. The van der Waals surface area contributed by atoms with Crippen LogP contribution in [0.1, 0.15) is 45.8 Å². The van der Waals surface area contributed by atoms with Crippen LogP contribution in [-0.4, -0.2) is 61.4 Å². The minimum absolute atomic E-state index is 0.0173. The molecule has 0 aliphatic carbocycles. The van der Waals surface area contributed by atoms with Crippen molar-refractivity contribution in [3.05, 3.63) is 64.5 Å². The highest BCUT2D eigenvalue weighted by Crippen LogP contribution is 2.31. The monoisotopic (exact) mass is 462 g/mol. The lowest BCUT2D eigenvalue weighted by atomic mass is 9.99. The van der Waals surface area contributed by atoms with Crippen LogP contribution >= 0.6 is 0 Å². The standard InChI is InChI=1S/C23H23FN8O2/c1-13-7-20-17(12-31(13)23(34)27-16-3-4-18(24)14(8-16)9-25)21-22(33)30(2)10-15(11-32(21)29-20)19-5-6-26-28-19/h3-6,8,13,15H,7,10-12H2,1-2H3,(H,26,28)(H,27,34)/t13-,15-/m1/s1. The Bertz CT molecular complexity index is 1310. The van der Waals surface area contributed by atoms with Crippen LogP contribution in [0.5, 0.6) is 0 Å². The van der Waals surface area contributed by atoms with Crippen molar-refractivity contribution in [1.29, 1.82) is 5.26 Å². The first kappa shape index (κ1) is 21.6. The normalized spacial score (nSPS) is 19.8. The number of amides is 3. The van der Waals surface area contributed by atoms with Crippen molar-refractivity contribution in [2.24, 2.45) is 0 Å². The molecule has 11 heteroatoms. The quantitative estimate of drug-likeness (QED) is 0.606. The summed E-state index contributed by atoms with van der Waals surface area (Å²) in [5.74, 6) is -0.762. The molecular weight excluding hydrogens is 439 g/mol. The summed E-state index contributed by atoms with van der Waals surface area (Å²) in [6, 6.07) is 6.97. The molecule has 0 saturated carbocycles. The molecule has 174 valence electrons. The first-order chi connectivity index (χ1) is 16.4. The third-order valence-electron chi connectivity index (χ3n) is 6.48. The molecule has 2 aromatic heterocycles. The van der Waals surface area contributed by atoms with Crippen LogP contribution in [0, 0.1) is 17.1 Å². The van der Waals surface area contributed by atoms with E-state index < -0.39 is 11.8 Å². The van der Waals surface area contributed by atoms with Crippen molar-refractivity contribution in [2.75, 3.05) is 18.9 Å². The average molecular weight is 462 g/mol. The Hall–Kier alpha value is -4.20. The number of rotatable bonds is 2. The molecule has 1 aromatic carbocycles. The van der Waals surface area contributed by atoms with Crippen LogP contribution in [0.15, 0.2) is 30.5 Å². The molecule has 0 bridgehead atoms. The Morgan fingerprint density at radius 2 is 2.15 bits per heavy atom. The Balaban J connectivity index is 1.43. The maximum absolute atomic E-state index is 13.6. The number of halogens is 1. The van der Waals surface area contributed by atoms with Gasteiger partial charge in [-0.15, -0.1) is 0 Å². The second kappa shape index (κ2) is 8.30. The second-order valence-corrected chi connectivity index (χ2v) is 8.77. The van der Waals surface area contributed by atoms with E-state index in [1.54, 1.807) is 33.8 Å². The van der Waals surface area contributed by atoms with Crippen LogP contribution in [0.4, 0.5) is 14.9 Å². The molecular formula is C23H23FN8O2. The van der Waals surface area contributed by atoms with Crippen molar-refractivity contribution in [3.63, 3.8) is 0 Å². The lowest BCUT2D eigenvalue weighted by Gasteiger charge is -2.33. The van der Waals surface area contributed by atoms with E-state index >= 15 is 0 Å². The Morgan fingerprint density at radius 3 is 2.88 bits per heavy atom. The van der Waals surface area contributed by atoms with Gasteiger partial charge in [0.15, 0.2) is 0 Å². The Labute approximate surface area is 195 Å². The number of carbonyl (C=O) groups is 2. The Morgan fingerprint density at radius 1 is 1.32 bits per heavy atom. The SMILES string of the molecule is C[C@@H]1Cc2nn3c(c2CN1C(=O)Nc1ccc(F)c(C#N)c1)C(=O)N(C)C[C@@H](c1ccn[nH]1)C3. The average Bonchev–Trinajstić information content (AvgIpc) is 3.44. The fourth-order valence-corrected chi connectivity index (χ4v) is 4.67. The summed E-state index contributed by atoms with van der Waals surface area (Å²) in [6.07, 6.45) is 2.19.